The zero-order chi connectivity index (χ0) is 12.3. The van der Waals surface area contributed by atoms with E-state index < -0.39 is 0 Å². The van der Waals surface area contributed by atoms with Crippen LogP contribution in [0.3, 0.4) is 0 Å². The molecule has 1 aromatic rings. The topological polar surface area (TPSA) is 18.5 Å². The molecule has 0 atom stereocenters. The average molecular weight is 232 g/mol. The molecule has 0 aliphatic carbocycles. The van der Waals surface area contributed by atoms with Gasteiger partial charge in [-0.2, -0.15) is 0 Å². The second-order valence-corrected chi connectivity index (χ2v) is 5.53. The van der Waals surface area contributed by atoms with Gasteiger partial charge < -0.3 is 9.47 Å². The van der Waals surface area contributed by atoms with E-state index in [1.165, 1.54) is 11.1 Å². The maximum atomic E-state index is 5.74. The molecule has 2 nitrogen and oxygen atoms in total. The first-order chi connectivity index (χ1) is 8.05. The van der Waals surface area contributed by atoms with Crippen LogP contribution in [-0.4, -0.2) is 19.5 Å². The van der Waals surface area contributed by atoms with Crippen molar-refractivity contribution < 1.29 is 9.47 Å². The Labute approximate surface area is 103 Å². The highest BCUT2D eigenvalue weighted by Gasteiger charge is 2.29. The number of hydrogen-bond acceptors (Lipinski definition) is 2. The Morgan fingerprint density at radius 2 is 1.65 bits per heavy atom. The number of ether oxygens (including phenoxy) is 2. The fraction of sp³-hybridized carbons (Fsp3) is 0.467. The Morgan fingerprint density at radius 3 is 2.18 bits per heavy atom. The number of rotatable bonds is 1. The van der Waals surface area contributed by atoms with Gasteiger partial charge in [-0.1, -0.05) is 57.2 Å². The molecule has 0 saturated carbocycles. The Hall–Kier alpha value is -1.12. The highest BCUT2D eigenvalue weighted by Crippen LogP contribution is 2.27. The number of benzene rings is 1. The maximum Gasteiger partial charge on any atom is 0.163 e. The minimum absolute atomic E-state index is 0.0400. The molecule has 17 heavy (non-hydrogen) atoms. The fourth-order valence-corrected chi connectivity index (χ4v) is 1.82. The van der Waals surface area contributed by atoms with Crippen LogP contribution in [0.15, 0.2) is 35.9 Å². The molecule has 1 saturated heterocycles. The molecule has 0 amide bonds. The van der Waals surface area contributed by atoms with Gasteiger partial charge in [0.1, 0.15) is 0 Å². The molecule has 0 N–H and O–H groups in total. The van der Waals surface area contributed by atoms with Crippen molar-refractivity contribution in [3.05, 3.63) is 41.5 Å². The second kappa shape index (κ2) is 5.03. The van der Waals surface area contributed by atoms with E-state index in [1.807, 2.05) is 18.2 Å². The van der Waals surface area contributed by atoms with Gasteiger partial charge in [-0.3, -0.25) is 0 Å². The van der Waals surface area contributed by atoms with Gasteiger partial charge in [0.2, 0.25) is 0 Å². The highest BCUT2D eigenvalue weighted by molar-refractivity contribution is 5.53. The Kier molecular flexibility index (Phi) is 3.65. The summed E-state index contributed by atoms with van der Waals surface area (Å²) in [4.78, 5) is 0. The van der Waals surface area contributed by atoms with Crippen LogP contribution in [0.25, 0.3) is 6.08 Å². The molecule has 0 spiro atoms. The quantitative estimate of drug-likeness (QED) is 0.738. The molecule has 1 fully saturated rings. The summed E-state index contributed by atoms with van der Waals surface area (Å²) in [5, 5.41) is 0. The molecule has 2 rings (SSSR count). The largest absolute Gasteiger partial charge is 0.348 e. The molecule has 1 aromatic carbocycles. The van der Waals surface area contributed by atoms with Crippen molar-refractivity contribution in [1.82, 2.24) is 0 Å². The van der Waals surface area contributed by atoms with E-state index in [2.05, 4.69) is 39.0 Å². The molecule has 0 unspecified atom stereocenters. The standard InChI is InChI=1S/C15H20O2/c1-15(2,3)14-16-10-13(11-17-14)9-12-7-5-4-6-8-12/h4-9,14H,10-11H2,1-3H3. The van der Waals surface area contributed by atoms with Crippen molar-refractivity contribution in [2.75, 3.05) is 13.2 Å². The molecule has 1 aliphatic heterocycles. The molecular formula is C15H20O2. The average Bonchev–Trinajstić information content (AvgIpc) is 2.30. The summed E-state index contributed by atoms with van der Waals surface area (Å²) < 4.78 is 11.5. The summed E-state index contributed by atoms with van der Waals surface area (Å²) >= 11 is 0. The maximum absolute atomic E-state index is 5.74. The fourth-order valence-electron chi connectivity index (χ4n) is 1.82. The van der Waals surface area contributed by atoms with Gasteiger partial charge in [0.25, 0.3) is 0 Å². The van der Waals surface area contributed by atoms with Crippen LogP contribution in [0.1, 0.15) is 26.3 Å². The van der Waals surface area contributed by atoms with Gasteiger partial charge in [-0.15, -0.1) is 0 Å². The van der Waals surface area contributed by atoms with Crippen LogP contribution in [-0.2, 0) is 9.47 Å². The van der Waals surface area contributed by atoms with Gasteiger partial charge in [0.05, 0.1) is 13.2 Å². The zero-order valence-corrected chi connectivity index (χ0v) is 10.8. The first-order valence-electron chi connectivity index (χ1n) is 6.03. The van der Waals surface area contributed by atoms with Gasteiger partial charge >= 0.3 is 0 Å². The van der Waals surface area contributed by atoms with Crippen LogP contribution in [0.2, 0.25) is 0 Å². The SMILES string of the molecule is CC(C)(C)C1OCC(=Cc2ccccc2)CO1. The van der Waals surface area contributed by atoms with Crippen LogP contribution >= 0.6 is 0 Å². The van der Waals surface area contributed by atoms with Crippen molar-refractivity contribution in [1.29, 1.82) is 0 Å². The molecule has 1 heterocycles. The first kappa shape index (κ1) is 12.3. The predicted molar refractivity (Wildman–Crippen MR) is 69.6 cm³/mol. The smallest absolute Gasteiger partial charge is 0.163 e. The minimum Gasteiger partial charge on any atom is -0.348 e. The van der Waals surface area contributed by atoms with E-state index in [4.69, 9.17) is 9.47 Å². The third-order valence-corrected chi connectivity index (χ3v) is 2.72. The lowest BCUT2D eigenvalue weighted by Gasteiger charge is -2.34. The summed E-state index contributed by atoms with van der Waals surface area (Å²) in [5.74, 6) is 0. The lowest BCUT2D eigenvalue weighted by Crippen LogP contribution is -2.37. The van der Waals surface area contributed by atoms with Crippen LogP contribution in [0, 0.1) is 5.41 Å². The van der Waals surface area contributed by atoms with E-state index in [9.17, 15) is 0 Å². The monoisotopic (exact) mass is 232 g/mol. The van der Waals surface area contributed by atoms with Gasteiger partial charge in [0, 0.05) is 5.41 Å². The second-order valence-electron chi connectivity index (χ2n) is 5.53. The number of hydrogen-bond donors (Lipinski definition) is 0. The summed E-state index contributed by atoms with van der Waals surface area (Å²) in [7, 11) is 0. The summed E-state index contributed by atoms with van der Waals surface area (Å²) in [6.07, 6.45) is 2.04. The Morgan fingerprint density at radius 1 is 1.06 bits per heavy atom. The van der Waals surface area contributed by atoms with E-state index >= 15 is 0 Å². The van der Waals surface area contributed by atoms with Gasteiger partial charge in [-0.25, -0.2) is 0 Å². The Bertz CT molecular complexity index is 377. The van der Waals surface area contributed by atoms with E-state index in [0.29, 0.717) is 13.2 Å². The molecule has 92 valence electrons. The van der Waals surface area contributed by atoms with E-state index in [1.54, 1.807) is 0 Å². The predicted octanol–water partition coefficient (Wildman–Crippen LogP) is 3.49. The van der Waals surface area contributed by atoms with Crippen LogP contribution < -0.4 is 0 Å². The lowest BCUT2D eigenvalue weighted by atomic mass is 9.95. The summed E-state index contributed by atoms with van der Waals surface area (Å²) in [6, 6.07) is 10.3. The van der Waals surface area contributed by atoms with E-state index in [-0.39, 0.29) is 11.7 Å². The van der Waals surface area contributed by atoms with Gasteiger partial charge in [0.15, 0.2) is 6.29 Å². The molecular weight excluding hydrogens is 212 g/mol. The van der Waals surface area contributed by atoms with Crippen LogP contribution in [0.4, 0.5) is 0 Å². The van der Waals surface area contributed by atoms with Crippen molar-refractivity contribution in [2.45, 2.75) is 27.1 Å². The molecule has 2 heteroatoms. The minimum atomic E-state index is -0.101. The first-order valence-corrected chi connectivity index (χ1v) is 6.03. The zero-order valence-electron chi connectivity index (χ0n) is 10.8. The van der Waals surface area contributed by atoms with Crippen molar-refractivity contribution in [3.8, 4) is 0 Å². The Balaban J connectivity index is 1.98. The van der Waals surface area contributed by atoms with Crippen molar-refractivity contribution in [3.63, 3.8) is 0 Å². The summed E-state index contributed by atoms with van der Waals surface area (Å²) in [6.45, 7) is 7.71. The van der Waals surface area contributed by atoms with Crippen molar-refractivity contribution >= 4 is 6.08 Å². The van der Waals surface area contributed by atoms with E-state index in [0.717, 1.165) is 0 Å². The van der Waals surface area contributed by atoms with Crippen LogP contribution in [0.5, 0.6) is 0 Å². The normalized spacial score (nSPS) is 21.4. The molecule has 0 radical (unpaired) electrons. The third-order valence-electron chi connectivity index (χ3n) is 2.72. The third kappa shape index (κ3) is 3.42. The molecule has 0 bridgehead atoms. The molecule has 0 aromatic heterocycles. The highest BCUT2D eigenvalue weighted by atomic mass is 16.7. The molecule has 1 aliphatic rings. The summed E-state index contributed by atoms with van der Waals surface area (Å²) in [5.41, 5.74) is 2.43. The van der Waals surface area contributed by atoms with Crippen molar-refractivity contribution in [2.24, 2.45) is 5.41 Å². The van der Waals surface area contributed by atoms with Gasteiger partial charge in [-0.05, 0) is 11.1 Å². The lowest BCUT2D eigenvalue weighted by molar-refractivity contribution is -0.205.